The molecule has 1 atom stereocenters. The number of halogens is 1. The number of hydrogen-bond donors (Lipinski definition) is 1. The molecule has 0 aromatic rings. The Labute approximate surface area is 90.0 Å². The fourth-order valence-corrected chi connectivity index (χ4v) is 1.88. The quantitative estimate of drug-likeness (QED) is 0.720. The second-order valence-electron chi connectivity index (χ2n) is 4.82. The minimum absolute atomic E-state index is 0.0995. The van der Waals surface area contributed by atoms with Gasteiger partial charge in [0.15, 0.2) is 0 Å². The van der Waals surface area contributed by atoms with Gasteiger partial charge in [0.05, 0.1) is 0 Å². The average Bonchev–Trinajstić information content (AvgIpc) is 2.47. The summed E-state index contributed by atoms with van der Waals surface area (Å²) in [7, 11) is 0. The van der Waals surface area contributed by atoms with Crippen molar-refractivity contribution < 1.29 is 9.90 Å². The van der Waals surface area contributed by atoms with Gasteiger partial charge in [0, 0.05) is 37.4 Å². The number of aliphatic hydroxyl groups is 1. The maximum absolute atomic E-state index is 11.5. The molecular weight excluding hydrogens is 202 g/mol. The first-order chi connectivity index (χ1) is 6.48. The Morgan fingerprint density at radius 1 is 1.64 bits per heavy atom. The lowest BCUT2D eigenvalue weighted by Gasteiger charge is -2.28. The number of nitrogens with zero attached hydrogens (tertiary/aromatic N) is 1. The first-order valence-electron chi connectivity index (χ1n) is 4.93. The molecule has 1 aliphatic rings. The van der Waals surface area contributed by atoms with Crippen LogP contribution < -0.4 is 0 Å². The standard InChI is InChI=1S/C10H18ClNO2/c1-10(2,7-13)6-12-5-8(4-11)3-9(12)14/h8,13H,3-7H2,1-2H3. The van der Waals surface area contributed by atoms with Crippen LogP contribution >= 0.6 is 11.6 Å². The predicted octanol–water partition coefficient (Wildman–Crippen LogP) is 1.09. The van der Waals surface area contributed by atoms with Gasteiger partial charge in [0.1, 0.15) is 0 Å². The number of likely N-dealkylation sites (tertiary alicyclic amines) is 1. The van der Waals surface area contributed by atoms with E-state index in [1.54, 1.807) is 0 Å². The summed E-state index contributed by atoms with van der Waals surface area (Å²) in [6, 6.07) is 0. The summed E-state index contributed by atoms with van der Waals surface area (Å²) in [5.74, 6) is 0.998. The smallest absolute Gasteiger partial charge is 0.222 e. The van der Waals surface area contributed by atoms with E-state index in [0.29, 0.717) is 24.8 Å². The Hall–Kier alpha value is -0.280. The third kappa shape index (κ3) is 2.85. The van der Waals surface area contributed by atoms with Gasteiger partial charge < -0.3 is 10.0 Å². The number of rotatable bonds is 4. The van der Waals surface area contributed by atoms with Crippen molar-refractivity contribution in [2.75, 3.05) is 25.6 Å². The van der Waals surface area contributed by atoms with Crippen LogP contribution in [-0.2, 0) is 4.79 Å². The lowest BCUT2D eigenvalue weighted by Crippen LogP contribution is -2.37. The van der Waals surface area contributed by atoms with Gasteiger partial charge in [-0.15, -0.1) is 11.6 Å². The molecule has 82 valence electrons. The lowest BCUT2D eigenvalue weighted by molar-refractivity contribution is -0.129. The van der Waals surface area contributed by atoms with E-state index in [4.69, 9.17) is 16.7 Å². The minimum atomic E-state index is -0.211. The van der Waals surface area contributed by atoms with Crippen molar-refractivity contribution in [3.8, 4) is 0 Å². The molecule has 1 unspecified atom stereocenters. The Morgan fingerprint density at radius 2 is 2.29 bits per heavy atom. The number of hydrogen-bond acceptors (Lipinski definition) is 2. The molecule has 1 saturated heterocycles. The predicted molar refractivity (Wildman–Crippen MR) is 56.3 cm³/mol. The van der Waals surface area contributed by atoms with Gasteiger partial charge in [-0.3, -0.25) is 4.79 Å². The monoisotopic (exact) mass is 219 g/mol. The van der Waals surface area contributed by atoms with Crippen LogP contribution in [0.25, 0.3) is 0 Å². The van der Waals surface area contributed by atoms with E-state index < -0.39 is 0 Å². The van der Waals surface area contributed by atoms with Crippen molar-refractivity contribution in [3.63, 3.8) is 0 Å². The number of aliphatic hydroxyl groups excluding tert-OH is 1. The van der Waals surface area contributed by atoms with Crippen molar-refractivity contribution >= 4 is 17.5 Å². The van der Waals surface area contributed by atoms with E-state index >= 15 is 0 Å². The van der Waals surface area contributed by atoms with Crippen LogP contribution in [-0.4, -0.2) is 41.5 Å². The second kappa shape index (κ2) is 4.49. The van der Waals surface area contributed by atoms with E-state index in [0.717, 1.165) is 6.54 Å². The molecule has 0 spiro atoms. The Kier molecular flexibility index (Phi) is 3.78. The van der Waals surface area contributed by atoms with Gasteiger partial charge in [-0.2, -0.15) is 0 Å². The van der Waals surface area contributed by atoms with Crippen molar-refractivity contribution in [3.05, 3.63) is 0 Å². The fourth-order valence-electron chi connectivity index (χ4n) is 1.68. The summed E-state index contributed by atoms with van der Waals surface area (Å²) < 4.78 is 0. The third-order valence-electron chi connectivity index (χ3n) is 2.56. The maximum atomic E-state index is 11.5. The van der Waals surface area contributed by atoms with Crippen LogP contribution in [0.1, 0.15) is 20.3 Å². The Morgan fingerprint density at radius 3 is 2.71 bits per heavy atom. The molecule has 0 aromatic heterocycles. The maximum Gasteiger partial charge on any atom is 0.222 e. The summed E-state index contributed by atoms with van der Waals surface area (Å²) in [6.45, 7) is 5.37. The van der Waals surface area contributed by atoms with Crippen molar-refractivity contribution in [1.82, 2.24) is 4.90 Å². The molecule has 0 radical (unpaired) electrons. The van der Waals surface area contributed by atoms with Crippen molar-refractivity contribution in [2.45, 2.75) is 20.3 Å². The first kappa shape index (κ1) is 11.8. The summed E-state index contributed by atoms with van der Waals surface area (Å²) in [4.78, 5) is 13.3. The topological polar surface area (TPSA) is 40.5 Å². The summed E-state index contributed by atoms with van der Waals surface area (Å²) in [5.41, 5.74) is -0.211. The molecule has 0 aliphatic carbocycles. The molecule has 3 nitrogen and oxygen atoms in total. The number of amides is 1. The van der Waals surface area contributed by atoms with Crippen LogP contribution in [0.3, 0.4) is 0 Å². The van der Waals surface area contributed by atoms with Crippen LogP contribution in [0.2, 0.25) is 0 Å². The minimum Gasteiger partial charge on any atom is -0.396 e. The molecule has 1 fully saturated rings. The Balaban J connectivity index is 2.50. The largest absolute Gasteiger partial charge is 0.396 e. The summed E-state index contributed by atoms with van der Waals surface area (Å²) in [5, 5.41) is 9.10. The molecule has 4 heteroatoms. The van der Waals surface area contributed by atoms with Crippen LogP contribution in [0, 0.1) is 11.3 Å². The lowest BCUT2D eigenvalue weighted by atomic mass is 9.94. The average molecular weight is 220 g/mol. The van der Waals surface area contributed by atoms with Crippen molar-refractivity contribution in [1.29, 1.82) is 0 Å². The molecule has 1 heterocycles. The highest BCUT2D eigenvalue weighted by molar-refractivity contribution is 6.18. The van der Waals surface area contributed by atoms with E-state index in [-0.39, 0.29) is 17.9 Å². The van der Waals surface area contributed by atoms with Gasteiger partial charge in [-0.1, -0.05) is 13.8 Å². The molecule has 1 amide bonds. The van der Waals surface area contributed by atoms with Gasteiger partial charge in [-0.25, -0.2) is 0 Å². The summed E-state index contributed by atoms with van der Waals surface area (Å²) >= 11 is 5.72. The van der Waals surface area contributed by atoms with Crippen LogP contribution in [0.15, 0.2) is 0 Å². The van der Waals surface area contributed by atoms with Gasteiger partial charge >= 0.3 is 0 Å². The first-order valence-corrected chi connectivity index (χ1v) is 5.46. The fraction of sp³-hybridized carbons (Fsp3) is 0.900. The van der Waals surface area contributed by atoms with Crippen molar-refractivity contribution in [2.24, 2.45) is 11.3 Å². The van der Waals surface area contributed by atoms with Gasteiger partial charge in [-0.05, 0) is 5.92 Å². The molecule has 1 rings (SSSR count). The molecule has 0 saturated carbocycles. The molecule has 14 heavy (non-hydrogen) atoms. The molecular formula is C10H18ClNO2. The number of carbonyl (C=O) groups excluding carboxylic acids is 1. The molecule has 1 N–H and O–H groups in total. The highest BCUT2D eigenvalue weighted by Gasteiger charge is 2.32. The zero-order chi connectivity index (χ0) is 10.8. The van der Waals surface area contributed by atoms with E-state index in [1.807, 2.05) is 18.7 Å². The van der Waals surface area contributed by atoms with Gasteiger partial charge in [0.2, 0.25) is 5.91 Å². The molecule has 1 aliphatic heterocycles. The highest BCUT2D eigenvalue weighted by Crippen LogP contribution is 2.24. The third-order valence-corrected chi connectivity index (χ3v) is 3.00. The normalized spacial score (nSPS) is 23.3. The summed E-state index contributed by atoms with van der Waals surface area (Å²) in [6.07, 6.45) is 0.561. The van der Waals surface area contributed by atoms with Crippen LogP contribution in [0.4, 0.5) is 0 Å². The van der Waals surface area contributed by atoms with E-state index in [9.17, 15) is 4.79 Å². The highest BCUT2D eigenvalue weighted by atomic mass is 35.5. The van der Waals surface area contributed by atoms with E-state index in [2.05, 4.69) is 0 Å². The molecule has 0 bridgehead atoms. The second-order valence-corrected chi connectivity index (χ2v) is 5.13. The number of alkyl halides is 1. The molecule has 0 aromatic carbocycles. The Bertz CT molecular complexity index is 218. The van der Waals surface area contributed by atoms with Gasteiger partial charge in [0.25, 0.3) is 0 Å². The zero-order valence-electron chi connectivity index (χ0n) is 8.79. The van der Waals surface area contributed by atoms with Crippen LogP contribution in [0.5, 0.6) is 0 Å². The SMILES string of the molecule is CC(C)(CO)CN1CC(CCl)CC1=O. The zero-order valence-corrected chi connectivity index (χ0v) is 9.55. The van der Waals surface area contributed by atoms with E-state index in [1.165, 1.54) is 0 Å². The number of carbonyl (C=O) groups is 1.